The van der Waals surface area contributed by atoms with Crippen LogP contribution < -0.4 is 5.32 Å². The highest BCUT2D eigenvalue weighted by atomic mass is 16.2. The topological polar surface area (TPSA) is 67.2 Å². The van der Waals surface area contributed by atoms with Crippen LogP contribution in [0.4, 0.5) is 5.69 Å². The molecule has 1 aromatic carbocycles. The highest BCUT2D eigenvalue weighted by Crippen LogP contribution is 2.11. The number of benzene rings is 1. The number of aromatic nitrogens is 2. The number of anilines is 1. The Morgan fingerprint density at radius 3 is 2.77 bits per heavy atom. The van der Waals surface area contributed by atoms with E-state index in [-0.39, 0.29) is 18.2 Å². The van der Waals surface area contributed by atoms with Gasteiger partial charge in [-0.1, -0.05) is 12.1 Å². The van der Waals surface area contributed by atoms with Crippen molar-refractivity contribution < 1.29 is 9.59 Å². The lowest BCUT2D eigenvalue weighted by Crippen LogP contribution is -2.29. The van der Waals surface area contributed by atoms with Crippen molar-refractivity contribution in [2.45, 2.75) is 13.5 Å². The average Bonchev–Trinajstić information content (AvgIpc) is 2.83. The molecule has 0 saturated heterocycles. The maximum atomic E-state index is 12.0. The van der Waals surface area contributed by atoms with Gasteiger partial charge in [0.2, 0.25) is 5.91 Å². The molecule has 22 heavy (non-hydrogen) atoms. The highest BCUT2D eigenvalue weighted by Gasteiger charge is 2.09. The Labute approximate surface area is 129 Å². The van der Waals surface area contributed by atoms with E-state index < -0.39 is 0 Å². The number of amides is 1. The van der Waals surface area contributed by atoms with Crippen molar-refractivity contribution in [3.63, 3.8) is 0 Å². The number of carbonyl (C=O) groups is 2. The van der Waals surface area contributed by atoms with Crippen LogP contribution in [-0.4, -0.2) is 40.0 Å². The first kappa shape index (κ1) is 15.9. The van der Waals surface area contributed by atoms with Gasteiger partial charge in [-0.15, -0.1) is 0 Å². The fourth-order valence-corrected chi connectivity index (χ4v) is 2.18. The number of nitrogens with zero attached hydrogens (tertiary/aromatic N) is 3. The molecule has 116 valence electrons. The number of Topliss-reactive ketones (excluding diaryl/α,β-unsaturated/α-hetero) is 1. The van der Waals surface area contributed by atoms with Crippen LogP contribution in [0.1, 0.15) is 22.8 Å². The molecule has 0 radical (unpaired) electrons. The molecule has 6 nitrogen and oxygen atoms in total. The van der Waals surface area contributed by atoms with Gasteiger partial charge in [-0.2, -0.15) is 5.10 Å². The second-order valence-electron chi connectivity index (χ2n) is 5.38. The van der Waals surface area contributed by atoms with Crippen LogP contribution in [0.3, 0.4) is 0 Å². The summed E-state index contributed by atoms with van der Waals surface area (Å²) in [4.78, 5) is 25.3. The van der Waals surface area contributed by atoms with Gasteiger partial charge in [-0.3, -0.25) is 19.2 Å². The van der Waals surface area contributed by atoms with E-state index in [4.69, 9.17) is 0 Å². The van der Waals surface area contributed by atoms with E-state index in [9.17, 15) is 9.59 Å². The molecule has 0 saturated carbocycles. The Bertz CT molecular complexity index is 678. The minimum atomic E-state index is -0.118. The molecule has 0 aliphatic carbocycles. The molecule has 2 aromatic rings. The Morgan fingerprint density at radius 1 is 1.36 bits per heavy atom. The first-order valence-corrected chi connectivity index (χ1v) is 7.01. The summed E-state index contributed by atoms with van der Waals surface area (Å²) in [6, 6.07) is 6.94. The van der Waals surface area contributed by atoms with E-state index in [1.807, 2.05) is 25.2 Å². The highest BCUT2D eigenvalue weighted by molar-refractivity contribution is 5.97. The van der Waals surface area contributed by atoms with E-state index in [1.54, 1.807) is 35.1 Å². The summed E-state index contributed by atoms with van der Waals surface area (Å²) in [5.74, 6) is -0.142. The van der Waals surface area contributed by atoms with Crippen LogP contribution in [0.15, 0.2) is 36.7 Å². The molecule has 0 atom stereocenters. The minimum absolute atomic E-state index is 0.0233. The van der Waals surface area contributed by atoms with Crippen molar-refractivity contribution >= 4 is 17.4 Å². The molecule has 0 unspecified atom stereocenters. The fraction of sp³-hybridized carbons (Fsp3) is 0.312. The zero-order valence-electron chi connectivity index (χ0n) is 13.0. The van der Waals surface area contributed by atoms with E-state index in [0.29, 0.717) is 17.8 Å². The third-order valence-corrected chi connectivity index (χ3v) is 3.18. The van der Waals surface area contributed by atoms with Gasteiger partial charge in [-0.05, 0) is 26.1 Å². The molecule has 1 heterocycles. The lowest BCUT2D eigenvalue weighted by Gasteiger charge is -2.15. The van der Waals surface area contributed by atoms with E-state index in [2.05, 4.69) is 10.4 Å². The first-order valence-electron chi connectivity index (χ1n) is 7.01. The van der Waals surface area contributed by atoms with E-state index >= 15 is 0 Å². The largest absolute Gasteiger partial charge is 0.325 e. The van der Waals surface area contributed by atoms with Gasteiger partial charge in [0.25, 0.3) is 0 Å². The van der Waals surface area contributed by atoms with Crippen molar-refractivity contribution in [1.82, 2.24) is 14.7 Å². The molecule has 0 aliphatic heterocycles. The van der Waals surface area contributed by atoms with Crippen LogP contribution in [0.25, 0.3) is 0 Å². The third-order valence-electron chi connectivity index (χ3n) is 3.18. The summed E-state index contributed by atoms with van der Waals surface area (Å²) >= 11 is 0. The number of hydrogen-bond donors (Lipinski definition) is 1. The summed E-state index contributed by atoms with van der Waals surface area (Å²) in [5.41, 5.74) is 2.27. The summed E-state index contributed by atoms with van der Waals surface area (Å²) in [6.45, 7) is 2.41. The summed E-state index contributed by atoms with van der Waals surface area (Å²) in [7, 11) is 3.73. The number of ketones is 1. The number of nitrogens with one attached hydrogen (secondary N) is 1. The van der Waals surface area contributed by atoms with Gasteiger partial charge < -0.3 is 5.32 Å². The molecule has 0 fully saturated rings. The maximum Gasteiger partial charge on any atom is 0.238 e. The number of hydrogen-bond acceptors (Lipinski definition) is 4. The standard InChI is InChI=1S/C16H20N4O2/c1-12(21)14-5-4-6-15(7-14)18-16(22)11-19(2)9-13-8-17-20(3)10-13/h4-8,10H,9,11H2,1-3H3,(H,18,22). The van der Waals surface area contributed by atoms with Crippen LogP contribution in [0.5, 0.6) is 0 Å². The van der Waals surface area contributed by atoms with Gasteiger partial charge in [-0.25, -0.2) is 0 Å². The van der Waals surface area contributed by atoms with E-state index in [0.717, 1.165) is 5.56 Å². The Morgan fingerprint density at radius 2 is 2.14 bits per heavy atom. The molecule has 1 aromatic heterocycles. The normalized spacial score (nSPS) is 10.7. The average molecular weight is 300 g/mol. The smallest absolute Gasteiger partial charge is 0.238 e. The fourth-order valence-electron chi connectivity index (χ4n) is 2.18. The molecule has 1 N–H and O–H groups in total. The van der Waals surface area contributed by atoms with Gasteiger partial charge in [0.1, 0.15) is 0 Å². The SMILES string of the molecule is CC(=O)c1cccc(NC(=O)CN(C)Cc2cnn(C)c2)c1. The Hall–Kier alpha value is -2.47. The number of likely N-dealkylation sites (N-methyl/N-ethyl adjacent to an activating group) is 1. The van der Waals surface area contributed by atoms with Crippen molar-refractivity contribution in [2.75, 3.05) is 18.9 Å². The predicted octanol–water partition coefficient (Wildman–Crippen LogP) is 1.69. The lowest BCUT2D eigenvalue weighted by molar-refractivity contribution is -0.117. The van der Waals surface area contributed by atoms with E-state index in [1.165, 1.54) is 6.92 Å². The number of rotatable bonds is 6. The van der Waals surface area contributed by atoms with Gasteiger partial charge >= 0.3 is 0 Å². The summed E-state index contributed by atoms with van der Waals surface area (Å²) in [6.07, 6.45) is 3.70. The maximum absolute atomic E-state index is 12.0. The van der Waals surface area contributed by atoms with Gasteiger partial charge in [0.05, 0.1) is 12.7 Å². The third kappa shape index (κ3) is 4.53. The number of aryl methyl sites for hydroxylation is 1. The second kappa shape index (κ2) is 7.00. The van der Waals surface area contributed by atoms with Crippen LogP contribution in [0, 0.1) is 0 Å². The Balaban J connectivity index is 1.89. The first-order chi connectivity index (χ1) is 10.4. The van der Waals surface area contributed by atoms with Crippen LogP contribution in [0.2, 0.25) is 0 Å². The molecular weight excluding hydrogens is 280 g/mol. The summed E-state index contributed by atoms with van der Waals surface area (Å²) < 4.78 is 1.73. The molecular formula is C16H20N4O2. The van der Waals surface area contributed by atoms with Crippen molar-refractivity contribution in [3.8, 4) is 0 Å². The molecule has 0 bridgehead atoms. The van der Waals surface area contributed by atoms with Gasteiger partial charge in [0, 0.05) is 36.6 Å². The second-order valence-corrected chi connectivity index (χ2v) is 5.38. The molecule has 1 amide bonds. The zero-order chi connectivity index (χ0) is 16.1. The monoisotopic (exact) mass is 300 g/mol. The predicted molar refractivity (Wildman–Crippen MR) is 84.6 cm³/mol. The zero-order valence-corrected chi connectivity index (χ0v) is 13.0. The minimum Gasteiger partial charge on any atom is -0.325 e. The summed E-state index contributed by atoms with van der Waals surface area (Å²) in [5, 5.41) is 6.91. The van der Waals surface area contributed by atoms with Crippen molar-refractivity contribution in [1.29, 1.82) is 0 Å². The van der Waals surface area contributed by atoms with Crippen molar-refractivity contribution in [3.05, 3.63) is 47.8 Å². The van der Waals surface area contributed by atoms with Gasteiger partial charge in [0.15, 0.2) is 5.78 Å². The Kier molecular flexibility index (Phi) is 5.06. The molecule has 0 spiro atoms. The lowest BCUT2D eigenvalue weighted by atomic mass is 10.1. The number of carbonyl (C=O) groups excluding carboxylic acids is 2. The molecule has 6 heteroatoms. The van der Waals surface area contributed by atoms with Crippen molar-refractivity contribution in [2.24, 2.45) is 7.05 Å². The van der Waals surface area contributed by atoms with Crippen LogP contribution >= 0.6 is 0 Å². The quantitative estimate of drug-likeness (QED) is 0.824. The molecule has 0 aliphatic rings. The van der Waals surface area contributed by atoms with Crippen LogP contribution in [-0.2, 0) is 18.4 Å². The molecule has 2 rings (SSSR count).